The van der Waals surface area contributed by atoms with Crippen molar-refractivity contribution in [2.75, 3.05) is 26.2 Å². The first kappa shape index (κ1) is 17.8. The van der Waals surface area contributed by atoms with Gasteiger partial charge in [-0.25, -0.2) is 4.79 Å². The van der Waals surface area contributed by atoms with E-state index in [0.29, 0.717) is 19.7 Å². The standard InChI is InChI=1S/C15H28N2O4/c1-4-5-6-7-17(12(2)3)15(20)16-8-9-21-13(11-16)10-14(18)19/h12-13H,4-11H2,1-3H3,(H,18,19). The van der Waals surface area contributed by atoms with Crippen LogP contribution >= 0.6 is 0 Å². The molecule has 6 nitrogen and oxygen atoms in total. The van der Waals surface area contributed by atoms with Crippen LogP contribution in [0.5, 0.6) is 0 Å². The molecule has 1 aliphatic heterocycles. The molecular formula is C15H28N2O4. The first-order chi connectivity index (χ1) is 9.95. The lowest BCUT2D eigenvalue weighted by Gasteiger charge is -2.37. The summed E-state index contributed by atoms with van der Waals surface area (Å²) in [5.74, 6) is -0.891. The van der Waals surface area contributed by atoms with Gasteiger partial charge in [-0.3, -0.25) is 4.79 Å². The number of unbranched alkanes of at least 4 members (excludes halogenated alkanes) is 2. The van der Waals surface area contributed by atoms with Gasteiger partial charge in [0.2, 0.25) is 0 Å². The van der Waals surface area contributed by atoms with Crippen LogP contribution in [0.25, 0.3) is 0 Å². The van der Waals surface area contributed by atoms with Gasteiger partial charge in [-0.2, -0.15) is 0 Å². The van der Waals surface area contributed by atoms with Crippen LogP contribution in [-0.2, 0) is 9.53 Å². The van der Waals surface area contributed by atoms with Gasteiger partial charge in [0.05, 0.1) is 19.1 Å². The molecule has 0 aliphatic carbocycles. The summed E-state index contributed by atoms with van der Waals surface area (Å²) in [7, 11) is 0. The van der Waals surface area contributed by atoms with E-state index in [1.807, 2.05) is 18.7 Å². The topological polar surface area (TPSA) is 70.1 Å². The predicted molar refractivity (Wildman–Crippen MR) is 80.3 cm³/mol. The normalized spacial score (nSPS) is 18.9. The van der Waals surface area contributed by atoms with Crippen molar-refractivity contribution in [2.45, 2.75) is 58.6 Å². The smallest absolute Gasteiger partial charge is 0.320 e. The molecule has 0 aromatic carbocycles. The molecule has 0 bridgehead atoms. The quantitative estimate of drug-likeness (QED) is 0.732. The Labute approximate surface area is 127 Å². The molecule has 2 amide bonds. The van der Waals surface area contributed by atoms with Gasteiger partial charge < -0.3 is 19.6 Å². The molecular weight excluding hydrogens is 272 g/mol. The van der Waals surface area contributed by atoms with Gasteiger partial charge in [0.1, 0.15) is 0 Å². The Bertz CT molecular complexity index is 347. The summed E-state index contributed by atoms with van der Waals surface area (Å²) in [5.41, 5.74) is 0. The molecule has 1 atom stereocenters. The summed E-state index contributed by atoms with van der Waals surface area (Å²) in [5, 5.41) is 8.84. The highest BCUT2D eigenvalue weighted by molar-refractivity contribution is 5.75. The molecule has 21 heavy (non-hydrogen) atoms. The number of ether oxygens (including phenoxy) is 1. The average Bonchev–Trinajstić information content (AvgIpc) is 2.42. The van der Waals surface area contributed by atoms with Crippen LogP contribution in [0.4, 0.5) is 4.79 Å². The van der Waals surface area contributed by atoms with Gasteiger partial charge in [-0.15, -0.1) is 0 Å². The zero-order valence-electron chi connectivity index (χ0n) is 13.4. The summed E-state index contributed by atoms with van der Waals surface area (Å²) < 4.78 is 5.41. The number of hydrogen-bond acceptors (Lipinski definition) is 3. The number of morpholine rings is 1. The molecule has 6 heteroatoms. The molecule has 1 fully saturated rings. The second-order valence-corrected chi connectivity index (χ2v) is 5.81. The van der Waals surface area contributed by atoms with Crippen LogP contribution < -0.4 is 0 Å². The maximum absolute atomic E-state index is 12.6. The molecule has 1 heterocycles. The second kappa shape index (κ2) is 8.87. The number of amides is 2. The largest absolute Gasteiger partial charge is 0.481 e. The highest BCUT2D eigenvalue weighted by atomic mass is 16.5. The SMILES string of the molecule is CCCCCN(C(=O)N1CCOC(CC(=O)O)C1)C(C)C. The lowest BCUT2D eigenvalue weighted by atomic mass is 10.2. The Morgan fingerprint density at radius 1 is 1.38 bits per heavy atom. The van der Waals surface area contributed by atoms with Crippen molar-refractivity contribution in [3.63, 3.8) is 0 Å². The first-order valence-corrected chi connectivity index (χ1v) is 7.84. The van der Waals surface area contributed by atoms with E-state index in [9.17, 15) is 9.59 Å². The van der Waals surface area contributed by atoms with Crippen LogP contribution in [0.15, 0.2) is 0 Å². The van der Waals surface area contributed by atoms with Gasteiger partial charge >= 0.3 is 12.0 Å². The number of aliphatic carboxylic acids is 1. The third kappa shape index (κ3) is 5.91. The van der Waals surface area contributed by atoms with Gasteiger partial charge in [0, 0.05) is 25.7 Å². The van der Waals surface area contributed by atoms with Crippen LogP contribution in [0.3, 0.4) is 0 Å². The molecule has 1 unspecified atom stereocenters. The Morgan fingerprint density at radius 3 is 2.67 bits per heavy atom. The van der Waals surface area contributed by atoms with E-state index in [2.05, 4.69) is 6.92 Å². The number of urea groups is 1. The lowest BCUT2D eigenvalue weighted by Crippen LogP contribution is -2.53. The lowest BCUT2D eigenvalue weighted by molar-refractivity contribution is -0.141. The third-order valence-corrected chi connectivity index (χ3v) is 3.68. The van der Waals surface area contributed by atoms with Crippen molar-refractivity contribution in [1.82, 2.24) is 9.80 Å². The van der Waals surface area contributed by atoms with E-state index in [0.717, 1.165) is 25.8 Å². The maximum Gasteiger partial charge on any atom is 0.320 e. The van der Waals surface area contributed by atoms with Crippen molar-refractivity contribution >= 4 is 12.0 Å². The van der Waals surface area contributed by atoms with Gasteiger partial charge in [0.15, 0.2) is 0 Å². The van der Waals surface area contributed by atoms with Gasteiger partial charge in [-0.05, 0) is 20.3 Å². The highest BCUT2D eigenvalue weighted by Gasteiger charge is 2.29. The minimum atomic E-state index is -0.891. The maximum atomic E-state index is 12.6. The number of carboxylic acids is 1. The fourth-order valence-corrected chi connectivity index (χ4v) is 2.50. The molecule has 0 aromatic heterocycles. The number of carbonyl (C=O) groups is 2. The predicted octanol–water partition coefficient (Wildman–Crippen LogP) is 2.18. The zero-order chi connectivity index (χ0) is 15.8. The van der Waals surface area contributed by atoms with Crippen LogP contribution in [0, 0.1) is 0 Å². The van der Waals surface area contributed by atoms with Crippen molar-refractivity contribution in [3.05, 3.63) is 0 Å². The van der Waals surface area contributed by atoms with Crippen LogP contribution in [0.2, 0.25) is 0 Å². The molecule has 1 saturated heterocycles. The average molecular weight is 300 g/mol. The molecule has 0 radical (unpaired) electrons. The second-order valence-electron chi connectivity index (χ2n) is 5.81. The molecule has 0 spiro atoms. The number of carbonyl (C=O) groups excluding carboxylic acids is 1. The van der Waals surface area contributed by atoms with Crippen molar-refractivity contribution in [1.29, 1.82) is 0 Å². The molecule has 122 valence electrons. The van der Waals surface area contributed by atoms with Crippen molar-refractivity contribution in [3.8, 4) is 0 Å². The van der Waals surface area contributed by atoms with Gasteiger partial charge in [-0.1, -0.05) is 19.8 Å². The first-order valence-electron chi connectivity index (χ1n) is 7.84. The Balaban J connectivity index is 2.58. The van der Waals surface area contributed by atoms with E-state index < -0.39 is 12.1 Å². The van der Waals surface area contributed by atoms with E-state index >= 15 is 0 Å². The fourth-order valence-electron chi connectivity index (χ4n) is 2.50. The Morgan fingerprint density at radius 2 is 2.10 bits per heavy atom. The Hall–Kier alpha value is -1.30. The summed E-state index contributed by atoms with van der Waals surface area (Å²) in [6.07, 6.45) is 2.79. The van der Waals surface area contributed by atoms with E-state index in [1.54, 1.807) is 4.90 Å². The third-order valence-electron chi connectivity index (χ3n) is 3.68. The van der Waals surface area contributed by atoms with Crippen molar-refractivity contribution < 1.29 is 19.4 Å². The van der Waals surface area contributed by atoms with E-state index in [4.69, 9.17) is 9.84 Å². The van der Waals surface area contributed by atoms with Crippen LogP contribution in [0.1, 0.15) is 46.5 Å². The molecule has 0 saturated carbocycles. The number of carboxylic acid groups (broad SMARTS) is 1. The molecule has 1 rings (SSSR count). The van der Waals surface area contributed by atoms with E-state index in [-0.39, 0.29) is 18.5 Å². The minimum absolute atomic E-state index is 0.000193. The summed E-state index contributed by atoms with van der Waals surface area (Å²) in [6, 6.07) is 0.148. The molecule has 1 aliphatic rings. The fraction of sp³-hybridized carbons (Fsp3) is 0.867. The van der Waals surface area contributed by atoms with E-state index in [1.165, 1.54) is 0 Å². The zero-order valence-corrected chi connectivity index (χ0v) is 13.4. The summed E-state index contributed by atoms with van der Waals surface area (Å²) >= 11 is 0. The Kier molecular flexibility index (Phi) is 7.50. The monoisotopic (exact) mass is 300 g/mol. The summed E-state index contributed by atoms with van der Waals surface area (Å²) in [4.78, 5) is 27.0. The summed E-state index contributed by atoms with van der Waals surface area (Å²) in [6.45, 7) is 8.22. The van der Waals surface area contributed by atoms with Crippen LogP contribution in [-0.4, -0.2) is 65.3 Å². The number of nitrogens with zero attached hydrogens (tertiary/aromatic N) is 2. The number of hydrogen-bond donors (Lipinski definition) is 1. The van der Waals surface area contributed by atoms with Crippen molar-refractivity contribution in [2.24, 2.45) is 0 Å². The van der Waals surface area contributed by atoms with Gasteiger partial charge in [0.25, 0.3) is 0 Å². The highest BCUT2D eigenvalue weighted by Crippen LogP contribution is 2.14. The number of rotatable bonds is 7. The minimum Gasteiger partial charge on any atom is -0.481 e. The molecule has 1 N–H and O–H groups in total. The molecule has 0 aromatic rings.